The number of carboxylic acids is 1. The highest BCUT2D eigenvalue weighted by molar-refractivity contribution is 6.35. The van der Waals surface area contributed by atoms with Crippen LogP contribution in [0.3, 0.4) is 0 Å². The predicted octanol–water partition coefficient (Wildman–Crippen LogP) is 4.42. The SMILES string of the molecule is O=C(O)CCN1CCOC(c2ccc(OCc3ccc(Cl)cc3Cl)cc2)C1. The van der Waals surface area contributed by atoms with E-state index < -0.39 is 5.97 Å². The lowest BCUT2D eigenvalue weighted by atomic mass is 10.1. The van der Waals surface area contributed by atoms with E-state index in [-0.39, 0.29) is 12.5 Å². The largest absolute Gasteiger partial charge is 0.489 e. The molecule has 0 saturated carbocycles. The van der Waals surface area contributed by atoms with Gasteiger partial charge >= 0.3 is 5.97 Å². The van der Waals surface area contributed by atoms with Crippen LogP contribution in [0.25, 0.3) is 0 Å². The Morgan fingerprint density at radius 2 is 2.00 bits per heavy atom. The third kappa shape index (κ3) is 5.84. The minimum Gasteiger partial charge on any atom is -0.489 e. The van der Waals surface area contributed by atoms with E-state index in [9.17, 15) is 4.79 Å². The number of aliphatic carboxylic acids is 1. The molecule has 0 aliphatic carbocycles. The monoisotopic (exact) mass is 409 g/mol. The van der Waals surface area contributed by atoms with Crippen molar-refractivity contribution >= 4 is 29.2 Å². The first-order chi connectivity index (χ1) is 13.0. The van der Waals surface area contributed by atoms with Gasteiger partial charge < -0.3 is 14.6 Å². The molecule has 5 nitrogen and oxygen atoms in total. The first kappa shape index (κ1) is 20.0. The summed E-state index contributed by atoms with van der Waals surface area (Å²) < 4.78 is 11.6. The lowest BCUT2D eigenvalue weighted by molar-refractivity contribution is -0.137. The maximum Gasteiger partial charge on any atom is 0.304 e. The lowest BCUT2D eigenvalue weighted by Gasteiger charge is -2.32. The number of halogens is 2. The zero-order valence-electron chi connectivity index (χ0n) is 14.7. The number of morpholine rings is 1. The molecule has 3 rings (SSSR count). The molecule has 1 saturated heterocycles. The van der Waals surface area contributed by atoms with Gasteiger partial charge in [0.2, 0.25) is 0 Å². The van der Waals surface area contributed by atoms with Crippen molar-refractivity contribution in [2.24, 2.45) is 0 Å². The summed E-state index contributed by atoms with van der Waals surface area (Å²) in [5.74, 6) is -0.0383. The van der Waals surface area contributed by atoms with Crippen LogP contribution in [0.5, 0.6) is 5.75 Å². The van der Waals surface area contributed by atoms with Gasteiger partial charge in [-0.05, 0) is 29.8 Å². The Morgan fingerprint density at radius 3 is 2.70 bits per heavy atom. The molecule has 0 bridgehead atoms. The van der Waals surface area contributed by atoms with Gasteiger partial charge in [0.05, 0.1) is 19.1 Å². The molecule has 27 heavy (non-hydrogen) atoms. The quantitative estimate of drug-likeness (QED) is 0.733. The van der Waals surface area contributed by atoms with E-state index in [1.807, 2.05) is 30.3 Å². The molecular weight excluding hydrogens is 389 g/mol. The first-order valence-corrected chi connectivity index (χ1v) is 9.49. The van der Waals surface area contributed by atoms with E-state index in [0.29, 0.717) is 36.3 Å². The molecule has 0 radical (unpaired) electrons. The molecule has 1 atom stereocenters. The van der Waals surface area contributed by atoms with Gasteiger partial charge in [0.15, 0.2) is 0 Å². The van der Waals surface area contributed by atoms with Crippen molar-refractivity contribution in [3.63, 3.8) is 0 Å². The summed E-state index contributed by atoms with van der Waals surface area (Å²) >= 11 is 12.1. The summed E-state index contributed by atoms with van der Waals surface area (Å²) in [4.78, 5) is 12.9. The minimum atomic E-state index is -0.777. The molecule has 1 unspecified atom stereocenters. The molecule has 0 amide bonds. The summed E-state index contributed by atoms with van der Waals surface area (Å²) in [6.07, 6.45) is 0.0829. The second-order valence-corrected chi connectivity index (χ2v) is 7.24. The van der Waals surface area contributed by atoms with Crippen molar-refractivity contribution in [2.45, 2.75) is 19.1 Å². The first-order valence-electron chi connectivity index (χ1n) is 8.73. The second kappa shape index (κ2) is 9.42. The van der Waals surface area contributed by atoms with Crippen molar-refractivity contribution < 1.29 is 19.4 Å². The second-order valence-electron chi connectivity index (χ2n) is 6.40. The van der Waals surface area contributed by atoms with Crippen LogP contribution in [0.4, 0.5) is 0 Å². The van der Waals surface area contributed by atoms with Crippen molar-refractivity contribution in [1.82, 2.24) is 4.90 Å². The Morgan fingerprint density at radius 1 is 1.22 bits per heavy atom. The van der Waals surface area contributed by atoms with E-state index in [1.165, 1.54) is 0 Å². The molecule has 0 aromatic heterocycles. The molecule has 2 aromatic carbocycles. The molecule has 1 fully saturated rings. The van der Waals surface area contributed by atoms with Crippen molar-refractivity contribution in [1.29, 1.82) is 0 Å². The fraction of sp³-hybridized carbons (Fsp3) is 0.350. The van der Waals surface area contributed by atoms with E-state index in [0.717, 1.165) is 23.4 Å². The Kier molecular flexibility index (Phi) is 6.96. The van der Waals surface area contributed by atoms with Crippen LogP contribution in [-0.4, -0.2) is 42.2 Å². The highest BCUT2D eigenvalue weighted by Gasteiger charge is 2.22. The van der Waals surface area contributed by atoms with E-state index >= 15 is 0 Å². The third-order valence-corrected chi connectivity index (χ3v) is 5.04. The van der Waals surface area contributed by atoms with Crippen LogP contribution in [0, 0.1) is 0 Å². The maximum atomic E-state index is 10.7. The van der Waals surface area contributed by atoms with Gasteiger partial charge in [-0.1, -0.05) is 41.4 Å². The van der Waals surface area contributed by atoms with Crippen molar-refractivity contribution in [3.05, 3.63) is 63.6 Å². The normalized spacial score (nSPS) is 17.6. The molecular formula is C20H21Cl2NO4. The molecule has 2 aromatic rings. The Hall–Kier alpha value is -1.79. The molecule has 1 aliphatic heterocycles. The van der Waals surface area contributed by atoms with E-state index in [1.54, 1.807) is 12.1 Å². The number of nitrogens with zero attached hydrogens (tertiary/aromatic N) is 1. The predicted molar refractivity (Wildman–Crippen MR) is 105 cm³/mol. The summed E-state index contributed by atoms with van der Waals surface area (Å²) in [6.45, 7) is 2.94. The van der Waals surface area contributed by atoms with Gasteiger partial charge in [0, 0.05) is 35.2 Å². The summed E-state index contributed by atoms with van der Waals surface area (Å²) in [7, 11) is 0. The number of benzene rings is 2. The van der Waals surface area contributed by atoms with Gasteiger partial charge in [-0.2, -0.15) is 0 Å². The molecule has 1 heterocycles. The molecule has 1 N–H and O–H groups in total. The van der Waals surface area contributed by atoms with E-state index in [4.69, 9.17) is 37.8 Å². The molecule has 0 spiro atoms. The topological polar surface area (TPSA) is 59.0 Å². The number of rotatable bonds is 7. The number of carbonyl (C=O) groups is 1. The van der Waals surface area contributed by atoms with Gasteiger partial charge in [-0.25, -0.2) is 0 Å². The maximum absolute atomic E-state index is 10.7. The standard InChI is InChI=1S/C20H21Cl2NO4/c21-16-4-1-15(18(22)11-16)13-27-17-5-2-14(3-6-17)19-12-23(9-10-26-19)8-7-20(24)25/h1-6,11,19H,7-10,12-13H2,(H,24,25). The average Bonchev–Trinajstić information content (AvgIpc) is 2.66. The summed E-state index contributed by atoms with van der Waals surface area (Å²) in [6, 6.07) is 13.1. The highest BCUT2D eigenvalue weighted by atomic mass is 35.5. The Labute approximate surface area is 168 Å². The van der Waals surface area contributed by atoms with Crippen molar-refractivity contribution in [3.8, 4) is 5.75 Å². The minimum absolute atomic E-state index is 0.0627. The van der Waals surface area contributed by atoms with Gasteiger partial charge in [-0.3, -0.25) is 9.69 Å². The zero-order chi connectivity index (χ0) is 19.2. The fourth-order valence-corrected chi connectivity index (χ4v) is 3.40. The van der Waals surface area contributed by atoms with Crippen LogP contribution in [0.2, 0.25) is 10.0 Å². The highest BCUT2D eigenvalue weighted by Crippen LogP contribution is 2.26. The van der Waals surface area contributed by atoms with Crippen LogP contribution in [0.1, 0.15) is 23.7 Å². The smallest absolute Gasteiger partial charge is 0.304 e. The molecule has 1 aliphatic rings. The van der Waals surface area contributed by atoms with Gasteiger partial charge in [0.25, 0.3) is 0 Å². The number of hydrogen-bond donors (Lipinski definition) is 1. The Balaban J connectivity index is 1.55. The Bertz CT molecular complexity index is 782. The number of ether oxygens (including phenoxy) is 2. The third-order valence-electron chi connectivity index (χ3n) is 4.45. The van der Waals surface area contributed by atoms with E-state index in [2.05, 4.69) is 4.90 Å². The van der Waals surface area contributed by atoms with Crippen LogP contribution < -0.4 is 4.74 Å². The number of carboxylic acid groups (broad SMARTS) is 1. The van der Waals surface area contributed by atoms with Crippen LogP contribution in [-0.2, 0) is 16.1 Å². The molecule has 144 valence electrons. The zero-order valence-corrected chi connectivity index (χ0v) is 16.2. The molecule has 7 heteroatoms. The lowest BCUT2D eigenvalue weighted by Crippen LogP contribution is -2.39. The average molecular weight is 410 g/mol. The summed E-state index contributed by atoms with van der Waals surface area (Å²) in [5.41, 5.74) is 1.92. The van der Waals surface area contributed by atoms with Crippen LogP contribution >= 0.6 is 23.2 Å². The summed E-state index contributed by atoms with van der Waals surface area (Å²) in [5, 5.41) is 10.0. The number of hydrogen-bond acceptors (Lipinski definition) is 4. The van der Waals surface area contributed by atoms with Crippen LogP contribution in [0.15, 0.2) is 42.5 Å². The van der Waals surface area contributed by atoms with Crippen molar-refractivity contribution in [2.75, 3.05) is 26.2 Å². The van der Waals surface area contributed by atoms with Gasteiger partial charge in [-0.15, -0.1) is 0 Å². The fourth-order valence-electron chi connectivity index (χ4n) is 2.94. The van der Waals surface area contributed by atoms with Gasteiger partial charge in [0.1, 0.15) is 12.4 Å².